The standard InChI is InChI=1S/C15H22N2O.ClH/c1-11-4-2-3-5-12(11)8-9-17-15(18)13-6-7-14(16)10-13;/h2-5,13-14H,6-10,16H2,1H3,(H,17,18);1H. The molecule has 106 valence electrons. The number of hydrogen-bond donors (Lipinski definition) is 2. The van der Waals surface area contributed by atoms with Gasteiger partial charge in [0.15, 0.2) is 0 Å². The normalized spacial score (nSPS) is 21.8. The summed E-state index contributed by atoms with van der Waals surface area (Å²) in [6.07, 6.45) is 3.67. The Morgan fingerprint density at radius 2 is 2.11 bits per heavy atom. The molecule has 2 unspecified atom stereocenters. The van der Waals surface area contributed by atoms with Crippen molar-refractivity contribution in [3.63, 3.8) is 0 Å². The van der Waals surface area contributed by atoms with E-state index in [0.717, 1.165) is 32.2 Å². The molecule has 1 saturated carbocycles. The van der Waals surface area contributed by atoms with E-state index in [9.17, 15) is 4.79 Å². The van der Waals surface area contributed by atoms with Gasteiger partial charge in [0.1, 0.15) is 0 Å². The van der Waals surface area contributed by atoms with Crippen LogP contribution in [0.3, 0.4) is 0 Å². The van der Waals surface area contributed by atoms with Crippen molar-refractivity contribution in [1.29, 1.82) is 0 Å². The molecule has 0 aliphatic heterocycles. The first-order valence-corrected chi connectivity index (χ1v) is 6.74. The summed E-state index contributed by atoms with van der Waals surface area (Å²) in [6.45, 7) is 2.82. The van der Waals surface area contributed by atoms with Crippen molar-refractivity contribution in [2.24, 2.45) is 11.7 Å². The monoisotopic (exact) mass is 282 g/mol. The molecule has 3 nitrogen and oxygen atoms in total. The van der Waals surface area contributed by atoms with E-state index >= 15 is 0 Å². The number of carbonyl (C=O) groups excluding carboxylic acids is 1. The van der Waals surface area contributed by atoms with Crippen LogP contribution in [0, 0.1) is 12.8 Å². The van der Waals surface area contributed by atoms with Crippen molar-refractivity contribution in [2.75, 3.05) is 6.54 Å². The Labute approximate surface area is 121 Å². The van der Waals surface area contributed by atoms with Crippen molar-refractivity contribution in [3.8, 4) is 0 Å². The van der Waals surface area contributed by atoms with Crippen molar-refractivity contribution < 1.29 is 4.79 Å². The molecule has 0 saturated heterocycles. The maximum atomic E-state index is 11.9. The highest BCUT2D eigenvalue weighted by Crippen LogP contribution is 2.23. The molecule has 0 radical (unpaired) electrons. The second-order valence-electron chi connectivity index (χ2n) is 5.24. The number of benzene rings is 1. The molecule has 0 aromatic heterocycles. The lowest BCUT2D eigenvalue weighted by Crippen LogP contribution is -2.32. The van der Waals surface area contributed by atoms with E-state index in [4.69, 9.17) is 5.73 Å². The average molecular weight is 283 g/mol. The Bertz CT molecular complexity index is 422. The van der Waals surface area contributed by atoms with E-state index in [-0.39, 0.29) is 30.3 Å². The van der Waals surface area contributed by atoms with Gasteiger partial charge in [0.2, 0.25) is 5.91 Å². The summed E-state index contributed by atoms with van der Waals surface area (Å²) < 4.78 is 0. The number of amides is 1. The summed E-state index contributed by atoms with van der Waals surface area (Å²) in [5.41, 5.74) is 8.42. The summed E-state index contributed by atoms with van der Waals surface area (Å²) in [5.74, 6) is 0.313. The lowest BCUT2D eigenvalue weighted by molar-refractivity contribution is -0.124. The molecule has 1 fully saturated rings. The van der Waals surface area contributed by atoms with Crippen LogP contribution in [0.15, 0.2) is 24.3 Å². The highest BCUT2D eigenvalue weighted by Gasteiger charge is 2.27. The SMILES string of the molecule is Cc1ccccc1CCNC(=O)C1CCC(N)C1.Cl. The third-order valence-electron chi connectivity index (χ3n) is 3.80. The molecule has 1 aromatic carbocycles. The van der Waals surface area contributed by atoms with Crippen LogP contribution in [0.5, 0.6) is 0 Å². The largest absolute Gasteiger partial charge is 0.356 e. The summed E-state index contributed by atoms with van der Waals surface area (Å²) in [4.78, 5) is 11.9. The van der Waals surface area contributed by atoms with E-state index < -0.39 is 0 Å². The zero-order valence-corrected chi connectivity index (χ0v) is 12.2. The van der Waals surface area contributed by atoms with Gasteiger partial charge in [0, 0.05) is 18.5 Å². The van der Waals surface area contributed by atoms with Gasteiger partial charge in [-0.25, -0.2) is 0 Å². The lowest BCUT2D eigenvalue weighted by Gasteiger charge is -2.11. The van der Waals surface area contributed by atoms with E-state index in [1.54, 1.807) is 0 Å². The molecular formula is C15H23ClN2O. The number of nitrogens with one attached hydrogen (secondary N) is 1. The number of hydrogen-bond acceptors (Lipinski definition) is 2. The van der Waals surface area contributed by atoms with Gasteiger partial charge in [-0.1, -0.05) is 24.3 Å². The van der Waals surface area contributed by atoms with Crippen LogP contribution >= 0.6 is 12.4 Å². The van der Waals surface area contributed by atoms with Gasteiger partial charge >= 0.3 is 0 Å². The smallest absolute Gasteiger partial charge is 0.223 e. The van der Waals surface area contributed by atoms with Gasteiger partial charge in [-0.15, -0.1) is 12.4 Å². The zero-order valence-electron chi connectivity index (χ0n) is 11.4. The first-order valence-electron chi connectivity index (χ1n) is 6.74. The van der Waals surface area contributed by atoms with E-state index in [2.05, 4.69) is 24.4 Å². The first kappa shape index (κ1) is 16.0. The van der Waals surface area contributed by atoms with Crippen LogP contribution in [-0.4, -0.2) is 18.5 Å². The highest BCUT2D eigenvalue weighted by molar-refractivity contribution is 5.85. The molecule has 1 amide bonds. The molecule has 2 atom stereocenters. The van der Waals surface area contributed by atoms with Crippen LogP contribution in [0.4, 0.5) is 0 Å². The van der Waals surface area contributed by atoms with E-state index in [1.807, 2.05) is 12.1 Å². The van der Waals surface area contributed by atoms with Crippen molar-refractivity contribution in [3.05, 3.63) is 35.4 Å². The van der Waals surface area contributed by atoms with E-state index in [0.29, 0.717) is 0 Å². The minimum Gasteiger partial charge on any atom is -0.356 e. The fraction of sp³-hybridized carbons (Fsp3) is 0.533. The molecule has 3 N–H and O–H groups in total. The van der Waals surface area contributed by atoms with Gasteiger partial charge in [-0.3, -0.25) is 4.79 Å². The Hall–Kier alpha value is -1.06. The minimum atomic E-state index is 0. The molecule has 0 heterocycles. The van der Waals surface area contributed by atoms with Crippen molar-refractivity contribution >= 4 is 18.3 Å². The summed E-state index contributed by atoms with van der Waals surface area (Å²) >= 11 is 0. The second-order valence-corrected chi connectivity index (χ2v) is 5.24. The zero-order chi connectivity index (χ0) is 13.0. The Morgan fingerprint density at radius 1 is 1.37 bits per heavy atom. The molecule has 2 rings (SSSR count). The summed E-state index contributed by atoms with van der Waals surface area (Å²) in [6, 6.07) is 8.52. The predicted molar refractivity (Wildman–Crippen MR) is 80.5 cm³/mol. The number of rotatable bonds is 4. The highest BCUT2D eigenvalue weighted by atomic mass is 35.5. The second kappa shape index (κ2) is 7.51. The van der Waals surface area contributed by atoms with Crippen LogP contribution in [0.25, 0.3) is 0 Å². The molecule has 1 aliphatic rings. The van der Waals surface area contributed by atoms with Gasteiger partial charge in [-0.2, -0.15) is 0 Å². The fourth-order valence-electron chi connectivity index (χ4n) is 2.61. The Morgan fingerprint density at radius 3 is 2.74 bits per heavy atom. The lowest BCUT2D eigenvalue weighted by atomic mass is 10.1. The molecule has 1 aromatic rings. The van der Waals surface area contributed by atoms with Crippen LogP contribution < -0.4 is 11.1 Å². The maximum Gasteiger partial charge on any atom is 0.223 e. The Balaban J connectivity index is 0.00000180. The molecular weight excluding hydrogens is 260 g/mol. The van der Waals surface area contributed by atoms with Gasteiger partial charge < -0.3 is 11.1 Å². The third-order valence-corrected chi connectivity index (χ3v) is 3.80. The van der Waals surface area contributed by atoms with Crippen LogP contribution in [0.1, 0.15) is 30.4 Å². The topological polar surface area (TPSA) is 55.1 Å². The summed E-state index contributed by atoms with van der Waals surface area (Å²) in [5, 5.41) is 3.03. The number of carbonyl (C=O) groups is 1. The minimum absolute atomic E-state index is 0. The average Bonchev–Trinajstić information content (AvgIpc) is 2.78. The van der Waals surface area contributed by atoms with Crippen molar-refractivity contribution in [1.82, 2.24) is 5.32 Å². The van der Waals surface area contributed by atoms with Crippen LogP contribution in [-0.2, 0) is 11.2 Å². The van der Waals surface area contributed by atoms with Gasteiger partial charge in [0.05, 0.1) is 0 Å². The quantitative estimate of drug-likeness (QED) is 0.890. The number of halogens is 1. The van der Waals surface area contributed by atoms with Crippen molar-refractivity contribution in [2.45, 2.75) is 38.6 Å². The van der Waals surface area contributed by atoms with Crippen LogP contribution in [0.2, 0.25) is 0 Å². The Kier molecular flexibility index (Phi) is 6.32. The van der Waals surface area contributed by atoms with E-state index in [1.165, 1.54) is 11.1 Å². The molecule has 1 aliphatic carbocycles. The molecule has 4 heteroatoms. The number of nitrogens with two attached hydrogens (primary N) is 1. The predicted octanol–water partition coefficient (Wildman–Crippen LogP) is 2.20. The molecule has 0 spiro atoms. The first-order chi connectivity index (χ1) is 8.66. The number of aryl methyl sites for hydroxylation is 1. The van der Waals surface area contributed by atoms with Gasteiger partial charge in [-0.05, 0) is 43.7 Å². The van der Waals surface area contributed by atoms with Gasteiger partial charge in [0.25, 0.3) is 0 Å². The molecule has 0 bridgehead atoms. The molecule has 19 heavy (non-hydrogen) atoms. The summed E-state index contributed by atoms with van der Waals surface area (Å²) in [7, 11) is 0. The third kappa shape index (κ3) is 4.51. The fourth-order valence-corrected chi connectivity index (χ4v) is 2.61. The maximum absolute atomic E-state index is 11.9.